The van der Waals surface area contributed by atoms with Crippen LogP contribution in [0.25, 0.3) is 0 Å². The molecule has 0 fully saturated rings. The second-order valence-corrected chi connectivity index (χ2v) is 5.31. The molecule has 2 aromatic carbocycles. The summed E-state index contributed by atoms with van der Waals surface area (Å²) in [6, 6.07) is 8.80. The summed E-state index contributed by atoms with van der Waals surface area (Å²) in [6.45, 7) is 1.64. The Morgan fingerprint density at radius 1 is 1.18 bits per heavy atom. The van der Waals surface area contributed by atoms with Gasteiger partial charge in [0.2, 0.25) is 0 Å². The number of anilines is 2. The molecule has 6 nitrogen and oxygen atoms in total. The van der Waals surface area contributed by atoms with Gasteiger partial charge in [0, 0.05) is 22.5 Å². The normalized spacial score (nSPS) is 10.1. The summed E-state index contributed by atoms with van der Waals surface area (Å²) in [5.41, 5.74) is 1.23. The number of nitrogens with zero attached hydrogens (tertiary/aromatic N) is 1. The van der Waals surface area contributed by atoms with Crippen LogP contribution < -0.4 is 10.6 Å². The zero-order valence-electron chi connectivity index (χ0n) is 11.4. The first kappa shape index (κ1) is 16.1. The second-order valence-electron chi connectivity index (χ2n) is 4.47. The molecule has 0 aliphatic rings. The number of nitro groups is 1. The standard InChI is InChI=1S/C14H11Cl2N3O3/c1-8-5-13(19(21)22)11(16)7-12(8)18-14(20)17-10-4-2-3-9(15)6-10/h2-7H,1H3,(H2,17,18,20). The van der Waals surface area contributed by atoms with E-state index < -0.39 is 11.0 Å². The number of benzene rings is 2. The number of aryl methyl sites for hydroxylation is 1. The van der Waals surface area contributed by atoms with E-state index in [9.17, 15) is 14.9 Å². The van der Waals surface area contributed by atoms with Crippen LogP contribution in [0.1, 0.15) is 5.56 Å². The smallest absolute Gasteiger partial charge is 0.308 e. The van der Waals surface area contributed by atoms with Gasteiger partial charge in [-0.05, 0) is 36.8 Å². The Hall–Kier alpha value is -2.31. The van der Waals surface area contributed by atoms with Crippen LogP contribution in [0.5, 0.6) is 0 Å². The van der Waals surface area contributed by atoms with Crippen molar-refractivity contribution in [3.05, 3.63) is 62.1 Å². The quantitative estimate of drug-likeness (QED) is 0.618. The highest BCUT2D eigenvalue weighted by Crippen LogP contribution is 2.30. The van der Waals surface area contributed by atoms with Crippen molar-refractivity contribution in [1.82, 2.24) is 0 Å². The minimum absolute atomic E-state index is 0.0475. The van der Waals surface area contributed by atoms with Crippen molar-refractivity contribution in [3.63, 3.8) is 0 Å². The van der Waals surface area contributed by atoms with Crippen LogP contribution in [0.2, 0.25) is 10.0 Å². The van der Waals surface area contributed by atoms with Crippen LogP contribution in [-0.2, 0) is 0 Å². The minimum atomic E-state index is -0.578. The van der Waals surface area contributed by atoms with Crippen LogP contribution in [-0.4, -0.2) is 11.0 Å². The van der Waals surface area contributed by atoms with Gasteiger partial charge in [-0.2, -0.15) is 0 Å². The van der Waals surface area contributed by atoms with Crippen LogP contribution >= 0.6 is 23.2 Å². The van der Waals surface area contributed by atoms with E-state index in [1.54, 1.807) is 31.2 Å². The van der Waals surface area contributed by atoms with E-state index in [1.165, 1.54) is 12.1 Å². The number of rotatable bonds is 3. The lowest BCUT2D eigenvalue weighted by atomic mass is 10.2. The summed E-state index contributed by atoms with van der Waals surface area (Å²) in [5.74, 6) is 0. The maximum Gasteiger partial charge on any atom is 0.323 e. The van der Waals surface area contributed by atoms with Gasteiger partial charge in [0.1, 0.15) is 5.02 Å². The van der Waals surface area contributed by atoms with Crippen LogP contribution in [0.15, 0.2) is 36.4 Å². The average Bonchev–Trinajstić information content (AvgIpc) is 2.42. The van der Waals surface area contributed by atoms with Gasteiger partial charge in [0.15, 0.2) is 0 Å². The molecule has 0 atom stereocenters. The average molecular weight is 340 g/mol. The molecule has 0 spiro atoms. The van der Waals surface area contributed by atoms with Crippen molar-refractivity contribution < 1.29 is 9.72 Å². The molecule has 8 heteroatoms. The van der Waals surface area contributed by atoms with E-state index in [-0.39, 0.29) is 10.7 Å². The number of halogens is 2. The third-order valence-corrected chi connectivity index (χ3v) is 3.36. The maximum absolute atomic E-state index is 11.9. The molecule has 0 aromatic heterocycles. The van der Waals surface area contributed by atoms with Gasteiger partial charge in [-0.3, -0.25) is 10.1 Å². The molecule has 0 saturated heterocycles. The Bertz CT molecular complexity index is 750. The van der Waals surface area contributed by atoms with Gasteiger partial charge in [-0.1, -0.05) is 29.3 Å². The third kappa shape index (κ3) is 3.87. The van der Waals surface area contributed by atoms with Gasteiger partial charge in [-0.15, -0.1) is 0 Å². The van der Waals surface area contributed by atoms with E-state index in [0.717, 1.165) is 0 Å². The van der Waals surface area contributed by atoms with Crippen molar-refractivity contribution in [2.24, 2.45) is 0 Å². The fourth-order valence-electron chi connectivity index (χ4n) is 1.79. The molecule has 0 aliphatic carbocycles. The first-order chi connectivity index (χ1) is 10.4. The molecular weight excluding hydrogens is 329 g/mol. The maximum atomic E-state index is 11.9. The highest BCUT2D eigenvalue weighted by Gasteiger charge is 2.16. The highest BCUT2D eigenvalue weighted by atomic mass is 35.5. The monoisotopic (exact) mass is 339 g/mol. The zero-order chi connectivity index (χ0) is 16.3. The molecule has 2 N–H and O–H groups in total. The number of carbonyl (C=O) groups excluding carboxylic acids is 1. The Morgan fingerprint density at radius 3 is 2.55 bits per heavy atom. The van der Waals surface area contributed by atoms with E-state index in [1.807, 2.05) is 0 Å². The number of urea groups is 1. The van der Waals surface area contributed by atoms with Crippen molar-refractivity contribution in [2.45, 2.75) is 6.92 Å². The molecule has 114 valence electrons. The summed E-state index contributed by atoms with van der Waals surface area (Å²) in [5, 5.41) is 16.4. The molecule has 0 unspecified atom stereocenters. The Labute approximate surface area is 136 Å². The SMILES string of the molecule is Cc1cc([N+](=O)[O-])c(Cl)cc1NC(=O)Nc1cccc(Cl)c1. The van der Waals surface area contributed by atoms with Crippen LogP contribution in [0, 0.1) is 17.0 Å². The molecule has 0 bridgehead atoms. The van der Waals surface area contributed by atoms with Crippen LogP contribution in [0.3, 0.4) is 0 Å². The van der Waals surface area contributed by atoms with Gasteiger partial charge in [-0.25, -0.2) is 4.79 Å². The second kappa shape index (κ2) is 6.64. The molecule has 22 heavy (non-hydrogen) atoms. The Kier molecular flexibility index (Phi) is 4.85. The lowest BCUT2D eigenvalue weighted by Gasteiger charge is -2.10. The van der Waals surface area contributed by atoms with Crippen molar-refractivity contribution in [2.75, 3.05) is 10.6 Å². The van der Waals surface area contributed by atoms with Crippen molar-refractivity contribution >= 4 is 46.3 Å². The number of hydrogen-bond donors (Lipinski definition) is 2. The van der Waals surface area contributed by atoms with E-state index in [0.29, 0.717) is 22.0 Å². The zero-order valence-corrected chi connectivity index (χ0v) is 12.9. The van der Waals surface area contributed by atoms with Crippen LogP contribution in [0.4, 0.5) is 21.9 Å². The molecule has 2 rings (SSSR count). The Morgan fingerprint density at radius 2 is 1.91 bits per heavy atom. The summed E-state index contributed by atoms with van der Waals surface area (Å²) in [6.07, 6.45) is 0. The Balaban J connectivity index is 2.15. The van der Waals surface area contributed by atoms with E-state index in [4.69, 9.17) is 23.2 Å². The van der Waals surface area contributed by atoms with E-state index >= 15 is 0 Å². The number of hydrogen-bond acceptors (Lipinski definition) is 3. The fraction of sp³-hybridized carbons (Fsp3) is 0.0714. The summed E-state index contributed by atoms with van der Waals surface area (Å²) >= 11 is 11.7. The predicted molar refractivity (Wildman–Crippen MR) is 86.9 cm³/mol. The van der Waals surface area contributed by atoms with Crippen molar-refractivity contribution in [1.29, 1.82) is 0 Å². The lowest BCUT2D eigenvalue weighted by molar-refractivity contribution is -0.384. The molecular formula is C14H11Cl2N3O3. The summed E-state index contributed by atoms with van der Waals surface area (Å²) in [4.78, 5) is 22.1. The predicted octanol–water partition coefficient (Wildman–Crippen LogP) is 4.85. The minimum Gasteiger partial charge on any atom is -0.308 e. The first-order valence-electron chi connectivity index (χ1n) is 6.15. The molecule has 0 aliphatic heterocycles. The molecule has 0 saturated carbocycles. The number of nitro benzene ring substituents is 1. The largest absolute Gasteiger partial charge is 0.323 e. The first-order valence-corrected chi connectivity index (χ1v) is 6.90. The van der Waals surface area contributed by atoms with Gasteiger partial charge in [0.25, 0.3) is 5.69 Å². The van der Waals surface area contributed by atoms with Gasteiger partial charge in [0.05, 0.1) is 4.92 Å². The summed E-state index contributed by atoms with van der Waals surface area (Å²) in [7, 11) is 0. The van der Waals surface area contributed by atoms with Gasteiger partial charge >= 0.3 is 6.03 Å². The fourth-order valence-corrected chi connectivity index (χ4v) is 2.21. The number of amides is 2. The lowest BCUT2D eigenvalue weighted by Crippen LogP contribution is -2.20. The molecule has 2 aromatic rings. The number of carbonyl (C=O) groups is 1. The molecule has 2 amide bonds. The number of nitrogens with one attached hydrogen (secondary N) is 2. The summed E-state index contributed by atoms with van der Waals surface area (Å²) < 4.78 is 0. The molecule has 0 heterocycles. The molecule has 0 radical (unpaired) electrons. The van der Waals surface area contributed by atoms with Gasteiger partial charge < -0.3 is 10.6 Å². The van der Waals surface area contributed by atoms with Crippen molar-refractivity contribution in [3.8, 4) is 0 Å². The van der Waals surface area contributed by atoms with E-state index in [2.05, 4.69) is 10.6 Å². The highest BCUT2D eigenvalue weighted by molar-refractivity contribution is 6.33. The third-order valence-electron chi connectivity index (χ3n) is 2.82. The topological polar surface area (TPSA) is 84.3 Å².